The molecule has 0 heterocycles. The summed E-state index contributed by atoms with van der Waals surface area (Å²) < 4.78 is 15.6. The van der Waals surface area contributed by atoms with Crippen LogP contribution in [0.15, 0.2) is 42.5 Å². The molecule has 0 aliphatic heterocycles. The predicted molar refractivity (Wildman–Crippen MR) is 86.6 cm³/mol. The van der Waals surface area contributed by atoms with Crippen molar-refractivity contribution in [2.24, 2.45) is 0 Å². The van der Waals surface area contributed by atoms with Crippen LogP contribution in [-0.4, -0.2) is 32.4 Å². The molecule has 1 N–H and O–H groups in total. The number of aliphatic carboxylic acids is 1. The molecule has 2 rings (SSSR count). The number of carboxylic acids is 1. The lowest BCUT2D eigenvalue weighted by Crippen LogP contribution is -2.14. The monoisotopic (exact) mass is 316 g/mol. The molecule has 2 aromatic rings. The Morgan fingerprint density at radius 1 is 0.913 bits per heavy atom. The van der Waals surface area contributed by atoms with Gasteiger partial charge in [0.05, 0.1) is 27.2 Å². The molecular formula is C18H20O5. The van der Waals surface area contributed by atoms with Gasteiger partial charge in [-0.05, 0) is 41.8 Å². The molecule has 0 spiro atoms. The fraction of sp³-hybridized carbons (Fsp3) is 0.278. The Hall–Kier alpha value is -2.69. The van der Waals surface area contributed by atoms with E-state index in [0.29, 0.717) is 23.7 Å². The van der Waals surface area contributed by atoms with Gasteiger partial charge >= 0.3 is 5.97 Å². The van der Waals surface area contributed by atoms with Crippen LogP contribution in [0.3, 0.4) is 0 Å². The van der Waals surface area contributed by atoms with Gasteiger partial charge < -0.3 is 19.3 Å². The molecular weight excluding hydrogens is 296 g/mol. The van der Waals surface area contributed by atoms with E-state index in [4.69, 9.17) is 14.2 Å². The first-order valence-electron chi connectivity index (χ1n) is 7.16. The lowest BCUT2D eigenvalue weighted by Gasteiger charge is -2.15. The Kier molecular flexibility index (Phi) is 5.46. The quantitative estimate of drug-likeness (QED) is 0.850. The summed E-state index contributed by atoms with van der Waals surface area (Å²) in [4.78, 5) is 11.7. The standard InChI is InChI=1S/C18H20O5/c1-21-14-6-4-13(5-7-14)17(18(19)20)10-12-8-15(22-2)11-16(9-12)23-3/h4-9,11,17H,10H2,1-3H3,(H,19,20). The SMILES string of the molecule is COc1ccc(C(Cc2cc(OC)cc(OC)c2)C(=O)O)cc1. The van der Waals surface area contributed by atoms with E-state index in [1.54, 1.807) is 51.7 Å². The maximum Gasteiger partial charge on any atom is 0.311 e. The topological polar surface area (TPSA) is 65.0 Å². The average molecular weight is 316 g/mol. The number of methoxy groups -OCH3 is 3. The highest BCUT2D eigenvalue weighted by molar-refractivity contribution is 5.76. The second kappa shape index (κ2) is 7.54. The van der Waals surface area contributed by atoms with E-state index in [-0.39, 0.29) is 0 Å². The van der Waals surface area contributed by atoms with Crippen molar-refractivity contribution >= 4 is 5.97 Å². The van der Waals surface area contributed by atoms with Crippen LogP contribution < -0.4 is 14.2 Å². The van der Waals surface area contributed by atoms with Gasteiger partial charge in [-0.3, -0.25) is 4.79 Å². The molecule has 5 heteroatoms. The molecule has 23 heavy (non-hydrogen) atoms. The third kappa shape index (κ3) is 4.16. The molecule has 5 nitrogen and oxygen atoms in total. The number of carboxylic acid groups (broad SMARTS) is 1. The number of hydrogen-bond acceptors (Lipinski definition) is 4. The van der Waals surface area contributed by atoms with Gasteiger partial charge in [-0.2, -0.15) is 0 Å². The van der Waals surface area contributed by atoms with Crippen LogP contribution in [0.5, 0.6) is 17.2 Å². The zero-order valence-electron chi connectivity index (χ0n) is 13.4. The molecule has 0 aromatic heterocycles. The fourth-order valence-electron chi connectivity index (χ4n) is 2.40. The first-order chi connectivity index (χ1) is 11.1. The first-order valence-corrected chi connectivity index (χ1v) is 7.16. The van der Waals surface area contributed by atoms with Crippen molar-refractivity contribution < 1.29 is 24.1 Å². The van der Waals surface area contributed by atoms with Crippen molar-refractivity contribution in [2.75, 3.05) is 21.3 Å². The smallest absolute Gasteiger partial charge is 0.311 e. The number of carbonyl (C=O) groups is 1. The molecule has 1 atom stereocenters. The third-order valence-electron chi connectivity index (χ3n) is 3.67. The van der Waals surface area contributed by atoms with Crippen molar-refractivity contribution in [1.82, 2.24) is 0 Å². The van der Waals surface area contributed by atoms with E-state index >= 15 is 0 Å². The third-order valence-corrected chi connectivity index (χ3v) is 3.67. The number of ether oxygens (including phenoxy) is 3. The largest absolute Gasteiger partial charge is 0.497 e. The molecule has 0 aliphatic rings. The van der Waals surface area contributed by atoms with E-state index in [9.17, 15) is 9.90 Å². The second-order valence-corrected chi connectivity index (χ2v) is 5.09. The highest BCUT2D eigenvalue weighted by Gasteiger charge is 2.21. The van der Waals surface area contributed by atoms with Gasteiger partial charge in [0.2, 0.25) is 0 Å². The minimum absolute atomic E-state index is 0.342. The minimum Gasteiger partial charge on any atom is -0.497 e. The zero-order valence-corrected chi connectivity index (χ0v) is 13.4. The summed E-state index contributed by atoms with van der Waals surface area (Å²) in [6.07, 6.45) is 0.342. The Morgan fingerprint density at radius 3 is 1.87 bits per heavy atom. The summed E-state index contributed by atoms with van der Waals surface area (Å²) in [6.45, 7) is 0. The van der Waals surface area contributed by atoms with Crippen molar-refractivity contribution in [3.05, 3.63) is 53.6 Å². The molecule has 0 saturated heterocycles. The van der Waals surface area contributed by atoms with Gasteiger partial charge in [0.15, 0.2) is 0 Å². The average Bonchev–Trinajstić information content (AvgIpc) is 2.59. The second-order valence-electron chi connectivity index (χ2n) is 5.09. The summed E-state index contributed by atoms with van der Waals surface area (Å²) in [5, 5.41) is 9.57. The Morgan fingerprint density at radius 2 is 1.43 bits per heavy atom. The highest BCUT2D eigenvalue weighted by Crippen LogP contribution is 2.28. The fourth-order valence-corrected chi connectivity index (χ4v) is 2.40. The number of hydrogen-bond donors (Lipinski definition) is 1. The van der Waals surface area contributed by atoms with E-state index in [2.05, 4.69) is 0 Å². The van der Waals surface area contributed by atoms with Crippen LogP contribution in [0, 0.1) is 0 Å². The Labute approximate surface area is 135 Å². The summed E-state index contributed by atoms with van der Waals surface area (Å²) in [5.41, 5.74) is 1.56. The van der Waals surface area contributed by atoms with E-state index in [1.807, 2.05) is 12.1 Å². The van der Waals surface area contributed by atoms with Crippen LogP contribution in [0.2, 0.25) is 0 Å². The summed E-state index contributed by atoms with van der Waals surface area (Å²) in [5.74, 6) is 0.437. The molecule has 1 unspecified atom stereocenters. The minimum atomic E-state index is -0.878. The van der Waals surface area contributed by atoms with E-state index < -0.39 is 11.9 Å². The van der Waals surface area contributed by atoms with Crippen LogP contribution in [-0.2, 0) is 11.2 Å². The predicted octanol–water partition coefficient (Wildman–Crippen LogP) is 3.12. The van der Waals surface area contributed by atoms with Crippen LogP contribution >= 0.6 is 0 Å². The molecule has 0 amide bonds. The van der Waals surface area contributed by atoms with Crippen molar-refractivity contribution in [2.45, 2.75) is 12.3 Å². The Balaban J connectivity index is 2.30. The van der Waals surface area contributed by atoms with Crippen LogP contribution in [0.4, 0.5) is 0 Å². The zero-order chi connectivity index (χ0) is 16.8. The van der Waals surface area contributed by atoms with Crippen LogP contribution in [0.25, 0.3) is 0 Å². The number of benzene rings is 2. The highest BCUT2D eigenvalue weighted by atomic mass is 16.5. The van der Waals surface area contributed by atoms with Gasteiger partial charge in [0.1, 0.15) is 17.2 Å². The maximum absolute atomic E-state index is 11.7. The van der Waals surface area contributed by atoms with Gasteiger partial charge in [-0.1, -0.05) is 12.1 Å². The van der Waals surface area contributed by atoms with Gasteiger partial charge in [-0.25, -0.2) is 0 Å². The molecule has 0 fully saturated rings. The maximum atomic E-state index is 11.7. The summed E-state index contributed by atoms with van der Waals surface area (Å²) in [6, 6.07) is 12.5. The molecule has 0 bridgehead atoms. The van der Waals surface area contributed by atoms with Crippen molar-refractivity contribution in [1.29, 1.82) is 0 Å². The van der Waals surface area contributed by atoms with Crippen LogP contribution in [0.1, 0.15) is 17.0 Å². The summed E-state index contributed by atoms with van der Waals surface area (Å²) in [7, 11) is 4.71. The first kappa shape index (κ1) is 16.7. The van der Waals surface area contributed by atoms with Gasteiger partial charge in [0, 0.05) is 6.07 Å². The van der Waals surface area contributed by atoms with Crippen molar-refractivity contribution in [3.8, 4) is 17.2 Å². The molecule has 0 radical (unpaired) electrons. The van der Waals surface area contributed by atoms with E-state index in [0.717, 1.165) is 11.1 Å². The molecule has 0 saturated carbocycles. The van der Waals surface area contributed by atoms with Gasteiger partial charge in [0.25, 0.3) is 0 Å². The Bertz CT molecular complexity index is 641. The molecule has 122 valence electrons. The van der Waals surface area contributed by atoms with E-state index in [1.165, 1.54) is 0 Å². The van der Waals surface area contributed by atoms with Gasteiger partial charge in [-0.15, -0.1) is 0 Å². The number of rotatable bonds is 7. The summed E-state index contributed by atoms with van der Waals surface area (Å²) >= 11 is 0. The molecule has 0 aliphatic carbocycles. The molecule has 2 aromatic carbocycles. The lowest BCUT2D eigenvalue weighted by molar-refractivity contribution is -0.138. The lowest BCUT2D eigenvalue weighted by atomic mass is 9.92. The van der Waals surface area contributed by atoms with Crippen molar-refractivity contribution in [3.63, 3.8) is 0 Å². The normalized spacial score (nSPS) is 11.6.